The van der Waals surface area contributed by atoms with E-state index in [1.165, 1.54) is 173 Å². The quantitative estimate of drug-likeness (QED) is 0.0211. The van der Waals surface area contributed by atoms with Crippen LogP contribution in [0.3, 0.4) is 0 Å². The minimum atomic E-state index is -4.39. The summed E-state index contributed by atoms with van der Waals surface area (Å²) in [6.45, 7) is 4.41. The third kappa shape index (κ3) is 58.8. The molecule has 10 heteroatoms. The molecule has 0 aromatic rings. The zero-order valence-corrected chi connectivity index (χ0v) is 49.3. The van der Waals surface area contributed by atoms with Crippen molar-refractivity contribution in [3.63, 3.8) is 0 Å². The summed E-state index contributed by atoms with van der Waals surface area (Å²) in [7, 11) is 1.47. The second-order valence-corrected chi connectivity index (χ2v) is 23.2. The molecule has 0 aliphatic heterocycles. The number of esters is 2. The summed E-state index contributed by atoms with van der Waals surface area (Å²) in [5, 5.41) is 0. The molecule has 0 aliphatic carbocycles. The second-order valence-electron chi connectivity index (χ2n) is 21.7. The van der Waals surface area contributed by atoms with Crippen molar-refractivity contribution in [3.05, 3.63) is 60.8 Å². The SMILES string of the molecule is CCCCCC/C=C\C/C=C\CCCCCCCC(=O)OCC(COP(=O)(O)OCC[N+](C)(C)C)OC(=O)CCCCCCCCCCCCCCCCCCCC/C=C\C/C=C\C/C=C\CCCCCCC. The third-order valence-corrected chi connectivity index (χ3v) is 14.3. The normalized spacial score (nSPS) is 13.7. The Hall–Kier alpha value is -2.29. The smallest absolute Gasteiger partial charge is 0.462 e. The Labute approximate surface area is 451 Å². The number of phosphoric acid groups is 1. The van der Waals surface area contributed by atoms with E-state index in [0.717, 1.165) is 70.6 Å². The molecule has 0 amide bonds. The van der Waals surface area contributed by atoms with Crippen LogP contribution in [0.2, 0.25) is 0 Å². The van der Waals surface area contributed by atoms with Gasteiger partial charge in [0.15, 0.2) is 6.10 Å². The minimum absolute atomic E-state index is 0.0289. The third-order valence-electron chi connectivity index (χ3n) is 13.3. The van der Waals surface area contributed by atoms with E-state index in [0.29, 0.717) is 17.4 Å². The first-order valence-corrected chi connectivity index (χ1v) is 32.0. The van der Waals surface area contributed by atoms with Gasteiger partial charge in [-0.15, -0.1) is 0 Å². The van der Waals surface area contributed by atoms with Crippen molar-refractivity contribution in [1.29, 1.82) is 0 Å². The fourth-order valence-corrected chi connectivity index (χ4v) is 9.27. The van der Waals surface area contributed by atoms with Gasteiger partial charge in [-0.25, -0.2) is 4.57 Å². The zero-order chi connectivity index (χ0) is 53.5. The van der Waals surface area contributed by atoms with Crippen molar-refractivity contribution >= 4 is 19.8 Å². The molecule has 2 unspecified atom stereocenters. The molecule has 0 rings (SSSR count). The summed E-state index contributed by atoms with van der Waals surface area (Å²) in [5.74, 6) is -0.806. The van der Waals surface area contributed by atoms with Gasteiger partial charge in [0.05, 0.1) is 27.7 Å². The highest BCUT2D eigenvalue weighted by Gasteiger charge is 2.27. The van der Waals surface area contributed by atoms with E-state index in [9.17, 15) is 19.0 Å². The Morgan fingerprint density at radius 2 is 0.740 bits per heavy atom. The second kappa shape index (κ2) is 54.5. The summed E-state index contributed by atoms with van der Waals surface area (Å²) < 4.78 is 34.6. The van der Waals surface area contributed by atoms with Crippen LogP contribution in [0.15, 0.2) is 60.8 Å². The lowest BCUT2D eigenvalue weighted by Gasteiger charge is -2.24. The fourth-order valence-electron chi connectivity index (χ4n) is 8.52. The van der Waals surface area contributed by atoms with Gasteiger partial charge in [0.25, 0.3) is 0 Å². The van der Waals surface area contributed by atoms with Crippen LogP contribution in [0.25, 0.3) is 0 Å². The molecule has 73 heavy (non-hydrogen) atoms. The molecular weight excluding hydrogens is 930 g/mol. The molecule has 0 saturated carbocycles. The zero-order valence-electron chi connectivity index (χ0n) is 48.4. The van der Waals surface area contributed by atoms with Gasteiger partial charge in [-0.2, -0.15) is 0 Å². The Morgan fingerprint density at radius 3 is 1.11 bits per heavy atom. The molecule has 0 aliphatic rings. The maximum atomic E-state index is 12.8. The fraction of sp³-hybridized carbons (Fsp3) is 0.810. The van der Waals surface area contributed by atoms with Gasteiger partial charge in [-0.3, -0.25) is 18.6 Å². The number of hydrogen-bond donors (Lipinski definition) is 1. The summed E-state index contributed by atoms with van der Waals surface area (Å²) in [6.07, 6.45) is 70.2. The van der Waals surface area contributed by atoms with Crippen LogP contribution in [0.1, 0.15) is 277 Å². The highest BCUT2D eigenvalue weighted by molar-refractivity contribution is 7.47. The van der Waals surface area contributed by atoms with Crippen LogP contribution in [-0.2, 0) is 32.7 Å². The first kappa shape index (κ1) is 70.7. The summed E-state index contributed by atoms with van der Waals surface area (Å²) in [4.78, 5) is 35.7. The van der Waals surface area contributed by atoms with E-state index in [1.54, 1.807) is 0 Å². The average molecular weight is 1050 g/mol. The van der Waals surface area contributed by atoms with Crippen molar-refractivity contribution in [1.82, 2.24) is 0 Å². The molecule has 0 saturated heterocycles. The van der Waals surface area contributed by atoms with Gasteiger partial charge in [0.2, 0.25) is 0 Å². The number of unbranched alkanes of at least 4 members (excludes halogenated alkanes) is 32. The molecule has 0 bridgehead atoms. The first-order chi connectivity index (χ1) is 35.5. The molecular formula is C63H117NO8P+. The molecule has 9 nitrogen and oxygen atoms in total. The van der Waals surface area contributed by atoms with Crippen LogP contribution in [-0.4, -0.2) is 74.9 Å². The lowest BCUT2D eigenvalue weighted by Crippen LogP contribution is -2.37. The summed E-state index contributed by atoms with van der Waals surface area (Å²) >= 11 is 0. The molecule has 0 radical (unpaired) electrons. The van der Waals surface area contributed by atoms with Crippen molar-refractivity contribution in [2.24, 2.45) is 0 Å². The molecule has 0 spiro atoms. The number of allylic oxidation sites excluding steroid dienone is 10. The van der Waals surface area contributed by atoms with Gasteiger partial charge in [-0.05, 0) is 83.5 Å². The number of quaternary nitrogens is 1. The highest BCUT2D eigenvalue weighted by Crippen LogP contribution is 2.43. The monoisotopic (exact) mass is 1050 g/mol. The maximum Gasteiger partial charge on any atom is 0.472 e. The first-order valence-electron chi connectivity index (χ1n) is 30.5. The molecule has 426 valence electrons. The number of likely N-dealkylation sites (N-methyl/N-ethyl adjacent to an activating group) is 1. The average Bonchev–Trinajstić information content (AvgIpc) is 3.35. The van der Waals surface area contributed by atoms with Crippen LogP contribution in [0.5, 0.6) is 0 Å². The Kier molecular flexibility index (Phi) is 52.8. The van der Waals surface area contributed by atoms with Crippen molar-refractivity contribution < 1.29 is 42.1 Å². The van der Waals surface area contributed by atoms with Gasteiger partial charge in [0, 0.05) is 12.8 Å². The van der Waals surface area contributed by atoms with Gasteiger partial charge in [-0.1, -0.05) is 242 Å². The van der Waals surface area contributed by atoms with Gasteiger partial charge in [0.1, 0.15) is 19.8 Å². The number of nitrogens with zero attached hydrogens (tertiary/aromatic N) is 1. The molecule has 0 aromatic carbocycles. The van der Waals surface area contributed by atoms with Gasteiger partial charge < -0.3 is 18.9 Å². The lowest BCUT2D eigenvalue weighted by molar-refractivity contribution is -0.870. The van der Waals surface area contributed by atoms with Crippen molar-refractivity contribution in [2.75, 3.05) is 47.5 Å². The van der Waals surface area contributed by atoms with E-state index in [1.807, 2.05) is 21.1 Å². The maximum absolute atomic E-state index is 12.8. The Balaban J connectivity index is 4.05. The number of hydrogen-bond acceptors (Lipinski definition) is 7. The lowest BCUT2D eigenvalue weighted by atomic mass is 10.0. The van der Waals surface area contributed by atoms with Gasteiger partial charge >= 0.3 is 19.8 Å². The molecule has 0 aromatic heterocycles. The minimum Gasteiger partial charge on any atom is -0.462 e. The number of phosphoric ester groups is 1. The molecule has 0 heterocycles. The van der Waals surface area contributed by atoms with E-state index in [2.05, 4.69) is 74.6 Å². The van der Waals surface area contributed by atoms with E-state index >= 15 is 0 Å². The molecule has 1 N–H and O–H groups in total. The van der Waals surface area contributed by atoms with Crippen LogP contribution in [0, 0.1) is 0 Å². The topological polar surface area (TPSA) is 108 Å². The number of ether oxygens (including phenoxy) is 2. The van der Waals surface area contributed by atoms with Crippen molar-refractivity contribution in [2.45, 2.75) is 283 Å². The van der Waals surface area contributed by atoms with E-state index < -0.39 is 26.5 Å². The van der Waals surface area contributed by atoms with E-state index in [-0.39, 0.29) is 32.0 Å². The summed E-state index contributed by atoms with van der Waals surface area (Å²) in [6, 6.07) is 0. The number of rotatable bonds is 56. The predicted molar refractivity (Wildman–Crippen MR) is 312 cm³/mol. The van der Waals surface area contributed by atoms with E-state index in [4.69, 9.17) is 18.5 Å². The standard InChI is InChI=1S/C63H116NO8P/c1-6-8-10-12-14-16-18-20-22-24-25-26-27-28-29-30-31-32-33-34-35-36-37-38-39-40-42-44-46-48-50-52-54-56-63(66)72-61(60-71-73(67,68)70-58-57-64(3,4)5)59-69-62(65)55-53-51-49-47-45-43-41-23-21-19-17-15-13-11-9-7-2/h17-20,23-25,27-28,41,61H,6-16,21-22,26,29-40,42-60H2,1-5H3/p+1/b19-17-,20-18-,25-24-,28-27-,41-23-. The number of carbonyl (C=O) groups excluding carboxylic acids is 2. The molecule has 2 atom stereocenters. The van der Waals surface area contributed by atoms with Crippen LogP contribution < -0.4 is 0 Å². The molecule has 0 fully saturated rings. The largest absolute Gasteiger partial charge is 0.472 e. The number of carbonyl (C=O) groups is 2. The van der Waals surface area contributed by atoms with Crippen LogP contribution in [0.4, 0.5) is 0 Å². The van der Waals surface area contributed by atoms with Crippen molar-refractivity contribution in [3.8, 4) is 0 Å². The summed E-state index contributed by atoms with van der Waals surface area (Å²) in [5.41, 5.74) is 0. The van der Waals surface area contributed by atoms with Crippen LogP contribution >= 0.6 is 7.82 Å². The Morgan fingerprint density at radius 1 is 0.425 bits per heavy atom. The Bertz CT molecular complexity index is 1420. The highest BCUT2D eigenvalue weighted by atomic mass is 31.2. The predicted octanol–water partition coefficient (Wildman–Crippen LogP) is 19.1.